The first-order valence-electron chi connectivity index (χ1n) is 8.37. The van der Waals surface area contributed by atoms with E-state index in [1.807, 2.05) is 52.7 Å². The van der Waals surface area contributed by atoms with Crippen molar-refractivity contribution in [3.8, 4) is 0 Å². The number of benzene rings is 1. The molecule has 2 aromatic rings. The summed E-state index contributed by atoms with van der Waals surface area (Å²) in [4.78, 5) is 27.6. The van der Waals surface area contributed by atoms with Gasteiger partial charge < -0.3 is 10.2 Å². The van der Waals surface area contributed by atoms with Crippen LogP contribution >= 0.6 is 11.3 Å². The first kappa shape index (κ1) is 15.4. The van der Waals surface area contributed by atoms with E-state index < -0.39 is 0 Å². The number of carbonyl (C=O) groups excluding carboxylic acids is 2. The summed E-state index contributed by atoms with van der Waals surface area (Å²) in [6.45, 7) is 1.41. The molecule has 1 aromatic heterocycles. The number of carbonyl (C=O) groups is 2. The Morgan fingerprint density at radius 1 is 1.12 bits per heavy atom. The van der Waals surface area contributed by atoms with Gasteiger partial charge >= 0.3 is 0 Å². The highest BCUT2D eigenvalue weighted by Crippen LogP contribution is 2.39. The second kappa shape index (κ2) is 6.06. The Labute approximate surface area is 145 Å². The van der Waals surface area contributed by atoms with Crippen molar-refractivity contribution < 1.29 is 9.59 Å². The Balaban J connectivity index is 1.44. The molecule has 5 heteroatoms. The molecule has 2 amide bonds. The Morgan fingerprint density at radius 2 is 1.88 bits per heavy atom. The zero-order valence-corrected chi connectivity index (χ0v) is 14.2. The Hall–Kier alpha value is -2.14. The van der Waals surface area contributed by atoms with Crippen molar-refractivity contribution >= 4 is 23.2 Å². The lowest BCUT2D eigenvalue weighted by Crippen LogP contribution is -2.52. The van der Waals surface area contributed by atoms with E-state index in [-0.39, 0.29) is 23.3 Å². The fourth-order valence-electron chi connectivity index (χ4n) is 3.86. The Kier molecular flexibility index (Phi) is 3.88. The van der Waals surface area contributed by atoms with Gasteiger partial charge in [-0.05, 0) is 36.3 Å². The standard InChI is InChI=1S/C19H20N2O2S/c22-17-15(14-5-2-1-3-6-14)13-19(20-17)8-10-21(11-9-19)18(23)16-7-4-12-24-16/h1-7,12,15H,8-11,13H2,(H,20,22)/t15-/m0/s1. The van der Waals surface area contributed by atoms with Crippen LogP contribution in [0.3, 0.4) is 0 Å². The highest BCUT2D eigenvalue weighted by atomic mass is 32.1. The highest BCUT2D eigenvalue weighted by molar-refractivity contribution is 7.12. The van der Waals surface area contributed by atoms with Crippen LogP contribution in [0.2, 0.25) is 0 Å². The van der Waals surface area contributed by atoms with Crippen LogP contribution in [-0.4, -0.2) is 35.3 Å². The number of hydrogen-bond acceptors (Lipinski definition) is 3. The van der Waals surface area contributed by atoms with Crippen molar-refractivity contribution in [2.45, 2.75) is 30.7 Å². The third kappa shape index (κ3) is 2.73. The van der Waals surface area contributed by atoms with Gasteiger partial charge in [0.05, 0.1) is 10.8 Å². The topological polar surface area (TPSA) is 49.4 Å². The maximum atomic E-state index is 12.5. The monoisotopic (exact) mass is 340 g/mol. The molecule has 1 N–H and O–H groups in total. The van der Waals surface area contributed by atoms with E-state index in [4.69, 9.17) is 0 Å². The van der Waals surface area contributed by atoms with Crippen molar-refractivity contribution in [3.63, 3.8) is 0 Å². The van der Waals surface area contributed by atoms with Gasteiger partial charge in [0.1, 0.15) is 0 Å². The predicted octanol–water partition coefficient (Wildman–Crippen LogP) is 3.03. The molecule has 0 unspecified atom stereocenters. The molecule has 2 saturated heterocycles. The second-order valence-electron chi connectivity index (χ2n) is 6.71. The van der Waals surface area contributed by atoms with Crippen LogP contribution in [0.5, 0.6) is 0 Å². The van der Waals surface area contributed by atoms with Gasteiger partial charge in [0.2, 0.25) is 5.91 Å². The van der Waals surface area contributed by atoms with Gasteiger partial charge in [0, 0.05) is 18.6 Å². The molecule has 2 fully saturated rings. The van der Waals surface area contributed by atoms with Crippen LogP contribution in [0.25, 0.3) is 0 Å². The molecule has 0 radical (unpaired) electrons. The molecule has 3 heterocycles. The minimum absolute atomic E-state index is 0.0641. The van der Waals surface area contributed by atoms with E-state index in [1.165, 1.54) is 11.3 Å². The van der Waals surface area contributed by atoms with Crippen LogP contribution in [0, 0.1) is 0 Å². The number of likely N-dealkylation sites (tertiary alicyclic amines) is 1. The summed E-state index contributed by atoms with van der Waals surface area (Å²) in [7, 11) is 0. The summed E-state index contributed by atoms with van der Waals surface area (Å²) in [5, 5.41) is 5.17. The van der Waals surface area contributed by atoms with Gasteiger partial charge in [-0.1, -0.05) is 36.4 Å². The lowest BCUT2D eigenvalue weighted by atomic mass is 9.82. The van der Waals surface area contributed by atoms with Crippen LogP contribution in [0.15, 0.2) is 47.8 Å². The molecule has 0 bridgehead atoms. The van der Waals surface area contributed by atoms with Gasteiger partial charge in [-0.25, -0.2) is 0 Å². The quantitative estimate of drug-likeness (QED) is 0.913. The number of hydrogen-bond donors (Lipinski definition) is 1. The van der Waals surface area contributed by atoms with Gasteiger partial charge in [-0.2, -0.15) is 0 Å². The van der Waals surface area contributed by atoms with Gasteiger partial charge in [-0.15, -0.1) is 11.3 Å². The summed E-state index contributed by atoms with van der Waals surface area (Å²) in [5.41, 5.74) is 0.938. The molecule has 4 nitrogen and oxygen atoms in total. The first-order chi connectivity index (χ1) is 11.7. The van der Waals surface area contributed by atoms with E-state index in [0.29, 0.717) is 13.1 Å². The molecule has 124 valence electrons. The van der Waals surface area contributed by atoms with E-state index in [0.717, 1.165) is 29.7 Å². The third-order valence-electron chi connectivity index (χ3n) is 5.24. The van der Waals surface area contributed by atoms with Crippen LogP contribution < -0.4 is 5.32 Å². The van der Waals surface area contributed by atoms with E-state index in [1.54, 1.807) is 0 Å². The maximum absolute atomic E-state index is 12.5. The fourth-order valence-corrected chi connectivity index (χ4v) is 4.55. The van der Waals surface area contributed by atoms with Gasteiger partial charge in [0.15, 0.2) is 0 Å². The molecule has 2 aliphatic rings. The number of piperidine rings is 1. The maximum Gasteiger partial charge on any atom is 0.263 e. The minimum atomic E-state index is -0.149. The summed E-state index contributed by atoms with van der Waals surface area (Å²) in [6.07, 6.45) is 2.50. The van der Waals surface area contributed by atoms with Crippen LogP contribution in [0.4, 0.5) is 0 Å². The number of amides is 2. The lowest BCUT2D eigenvalue weighted by Gasteiger charge is -2.39. The molecule has 1 spiro atoms. The number of rotatable bonds is 2. The molecule has 4 rings (SSSR count). The predicted molar refractivity (Wildman–Crippen MR) is 94.1 cm³/mol. The fraction of sp³-hybridized carbons (Fsp3) is 0.368. The average molecular weight is 340 g/mol. The summed E-state index contributed by atoms with van der Waals surface area (Å²) < 4.78 is 0. The molecule has 0 saturated carbocycles. The normalized spacial score (nSPS) is 22.6. The zero-order chi connectivity index (χ0) is 16.6. The Morgan fingerprint density at radius 3 is 2.54 bits per heavy atom. The highest BCUT2D eigenvalue weighted by Gasteiger charge is 2.46. The summed E-state index contributed by atoms with van der Waals surface area (Å²) in [6, 6.07) is 13.8. The number of thiophene rings is 1. The van der Waals surface area contributed by atoms with Gasteiger partial charge in [-0.3, -0.25) is 9.59 Å². The minimum Gasteiger partial charge on any atom is -0.350 e. The van der Waals surface area contributed by atoms with Gasteiger partial charge in [0.25, 0.3) is 5.91 Å². The molecule has 0 aliphatic carbocycles. The third-order valence-corrected chi connectivity index (χ3v) is 6.10. The van der Waals surface area contributed by atoms with Crippen molar-refractivity contribution in [1.82, 2.24) is 10.2 Å². The number of nitrogens with one attached hydrogen (secondary N) is 1. The van der Waals surface area contributed by atoms with Crippen LogP contribution in [-0.2, 0) is 4.79 Å². The molecule has 1 aromatic carbocycles. The van der Waals surface area contributed by atoms with Crippen LogP contribution in [0.1, 0.15) is 40.4 Å². The molecule has 1 atom stereocenters. The first-order valence-corrected chi connectivity index (χ1v) is 9.25. The van der Waals surface area contributed by atoms with Crippen molar-refractivity contribution in [2.24, 2.45) is 0 Å². The Bertz CT molecular complexity index is 734. The zero-order valence-electron chi connectivity index (χ0n) is 13.4. The van der Waals surface area contributed by atoms with E-state index >= 15 is 0 Å². The molecule has 2 aliphatic heterocycles. The molecular weight excluding hydrogens is 320 g/mol. The van der Waals surface area contributed by atoms with E-state index in [2.05, 4.69) is 5.32 Å². The molecule has 24 heavy (non-hydrogen) atoms. The molecular formula is C19H20N2O2S. The largest absolute Gasteiger partial charge is 0.350 e. The smallest absolute Gasteiger partial charge is 0.263 e. The van der Waals surface area contributed by atoms with Crippen molar-refractivity contribution in [2.75, 3.05) is 13.1 Å². The lowest BCUT2D eigenvalue weighted by molar-refractivity contribution is -0.121. The average Bonchev–Trinajstić information content (AvgIpc) is 3.25. The summed E-state index contributed by atoms with van der Waals surface area (Å²) >= 11 is 1.49. The van der Waals surface area contributed by atoms with Crippen molar-refractivity contribution in [1.29, 1.82) is 0 Å². The van der Waals surface area contributed by atoms with Crippen molar-refractivity contribution in [3.05, 3.63) is 58.3 Å². The second-order valence-corrected chi connectivity index (χ2v) is 7.65. The summed E-state index contributed by atoms with van der Waals surface area (Å²) in [5.74, 6) is 0.175. The van der Waals surface area contributed by atoms with E-state index in [9.17, 15) is 9.59 Å². The SMILES string of the molecule is O=C1NC2(CCN(C(=O)c3cccs3)CC2)C[C@H]1c1ccccc1. The number of nitrogens with zero attached hydrogens (tertiary/aromatic N) is 1.